The first-order valence-electron chi connectivity index (χ1n) is 10.4. The van der Waals surface area contributed by atoms with E-state index in [-0.39, 0.29) is 28.9 Å². The van der Waals surface area contributed by atoms with Crippen molar-refractivity contribution in [2.45, 2.75) is 24.7 Å². The van der Waals surface area contributed by atoms with E-state index in [4.69, 9.17) is 0 Å². The van der Waals surface area contributed by atoms with Crippen LogP contribution in [0.5, 0.6) is 0 Å². The van der Waals surface area contributed by atoms with Gasteiger partial charge in [-0.1, -0.05) is 30.3 Å². The van der Waals surface area contributed by atoms with Crippen LogP contribution in [0, 0.1) is 17.6 Å². The van der Waals surface area contributed by atoms with Crippen molar-refractivity contribution in [3.8, 4) is 0 Å². The van der Waals surface area contributed by atoms with Crippen molar-refractivity contribution >= 4 is 5.91 Å². The van der Waals surface area contributed by atoms with E-state index in [0.29, 0.717) is 6.54 Å². The van der Waals surface area contributed by atoms with Crippen LogP contribution < -0.4 is 5.32 Å². The van der Waals surface area contributed by atoms with Crippen LogP contribution in [0.4, 0.5) is 8.78 Å². The first-order chi connectivity index (χ1) is 15.1. The molecule has 0 saturated heterocycles. The highest BCUT2D eigenvalue weighted by Gasteiger charge is 2.55. The third kappa shape index (κ3) is 4.88. The third-order valence-corrected chi connectivity index (χ3v) is 5.90. The highest BCUT2D eigenvalue weighted by Crippen LogP contribution is 2.59. The van der Waals surface area contributed by atoms with Crippen molar-refractivity contribution in [2.75, 3.05) is 6.54 Å². The molecule has 0 radical (unpaired) electrons. The van der Waals surface area contributed by atoms with Gasteiger partial charge in [-0.15, -0.1) is 0 Å². The number of allylic oxidation sites excluding steroid dienone is 1. The van der Waals surface area contributed by atoms with E-state index in [1.54, 1.807) is 42.7 Å². The fraction of sp³-hybridized carbons (Fsp3) is 0.231. The SMILES string of the molecule is O=C(C=C[C@@H]1CC1(c1ccc(F)cc1)c1ccc(F)cc1)NCCCc1ccncc1. The number of aromatic nitrogens is 1. The summed E-state index contributed by atoms with van der Waals surface area (Å²) in [7, 11) is 0. The van der Waals surface area contributed by atoms with Crippen molar-refractivity contribution in [3.05, 3.63) is 114 Å². The molecule has 31 heavy (non-hydrogen) atoms. The molecule has 1 amide bonds. The Bertz CT molecular complexity index is 1000. The minimum absolute atomic E-state index is 0.0889. The molecule has 1 aliphatic carbocycles. The lowest BCUT2D eigenvalue weighted by atomic mass is 9.85. The van der Waals surface area contributed by atoms with Gasteiger partial charge < -0.3 is 5.32 Å². The van der Waals surface area contributed by atoms with Crippen LogP contribution in [-0.2, 0) is 16.6 Å². The zero-order valence-electron chi connectivity index (χ0n) is 17.1. The number of hydrogen-bond acceptors (Lipinski definition) is 2. The van der Waals surface area contributed by atoms with Crippen molar-refractivity contribution < 1.29 is 13.6 Å². The summed E-state index contributed by atoms with van der Waals surface area (Å²) in [6.07, 6.45) is 9.53. The van der Waals surface area contributed by atoms with Crippen molar-refractivity contribution in [1.29, 1.82) is 0 Å². The summed E-state index contributed by atoms with van der Waals surface area (Å²) in [6, 6.07) is 16.8. The molecule has 1 fully saturated rings. The van der Waals surface area contributed by atoms with Crippen LogP contribution in [0.3, 0.4) is 0 Å². The van der Waals surface area contributed by atoms with E-state index in [2.05, 4.69) is 10.3 Å². The standard InChI is InChI=1S/C26H24F2N2O/c27-23-8-3-20(4-9-23)26(21-5-10-24(28)11-6-21)18-22(26)7-12-25(31)30-15-1-2-19-13-16-29-17-14-19/h3-14,16-17,22H,1-2,15,18H2,(H,30,31)/t22-/m1/s1. The highest BCUT2D eigenvalue weighted by molar-refractivity contribution is 5.87. The number of benzene rings is 2. The fourth-order valence-corrected chi connectivity index (χ4v) is 4.16. The number of halogens is 2. The lowest BCUT2D eigenvalue weighted by Crippen LogP contribution is -2.22. The Hall–Kier alpha value is -3.34. The predicted octanol–water partition coefficient (Wildman–Crippen LogP) is 4.97. The molecule has 1 aromatic heterocycles. The normalized spacial score (nSPS) is 16.9. The van der Waals surface area contributed by atoms with Gasteiger partial charge in [0.2, 0.25) is 5.91 Å². The van der Waals surface area contributed by atoms with Crippen molar-refractivity contribution in [3.63, 3.8) is 0 Å². The van der Waals surface area contributed by atoms with Crippen LogP contribution in [0.15, 0.2) is 85.2 Å². The molecule has 5 heteroatoms. The van der Waals surface area contributed by atoms with Gasteiger partial charge in [0.05, 0.1) is 0 Å². The summed E-state index contributed by atoms with van der Waals surface area (Å²) in [5.41, 5.74) is 2.77. The van der Waals surface area contributed by atoms with Crippen LogP contribution in [-0.4, -0.2) is 17.4 Å². The number of carbonyl (C=O) groups is 1. The minimum atomic E-state index is -0.362. The number of carbonyl (C=O) groups excluding carboxylic acids is 1. The molecule has 3 nitrogen and oxygen atoms in total. The molecule has 1 heterocycles. The number of nitrogens with one attached hydrogen (secondary N) is 1. The Kier molecular flexibility index (Phi) is 6.21. The zero-order valence-corrected chi connectivity index (χ0v) is 17.1. The van der Waals surface area contributed by atoms with Gasteiger partial charge in [0.1, 0.15) is 11.6 Å². The van der Waals surface area contributed by atoms with Gasteiger partial charge in [-0.05, 0) is 84.3 Å². The molecule has 3 aromatic rings. The fourth-order valence-electron chi connectivity index (χ4n) is 4.16. The summed E-state index contributed by atoms with van der Waals surface area (Å²) in [6.45, 7) is 0.594. The van der Waals surface area contributed by atoms with E-state index in [1.807, 2.05) is 18.2 Å². The number of pyridine rings is 1. The first-order valence-corrected chi connectivity index (χ1v) is 10.4. The summed E-state index contributed by atoms with van der Waals surface area (Å²) in [4.78, 5) is 16.2. The van der Waals surface area contributed by atoms with Gasteiger partial charge >= 0.3 is 0 Å². The van der Waals surface area contributed by atoms with E-state index in [0.717, 1.165) is 30.4 Å². The molecule has 2 aromatic carbocycles. The minimum Gasteiger partial charge on any atom is -0.353 e. The molecule has 1 atom stereocenters. The summed E-state index contributed by atoms with van der Waals surface area (Å²) in [5.74, 6) is -0.631. The molecule has 1 saturated carbocycles. The largest absolute Gasteiger partial charge is 0.353 e. The van der Waals surface area contributed by atoms with Crippen LogP contribution in [0.1, 0.15) is 29.5 Å². The maximum absolute atomic E-state index is 13.4. The van der Waals surface area contributed by atoms with Crippen LogP contribution in [0.2, 0.25) is 0 Å². The van der Waals surface area contributed by atoms with Gasteiger partial charge in [0, 0.05) is 24.4 Å². The van der Waals surface area contributed by atoms with Gasteiger partial charge in [0.15, 0.2) is 0 Å². The zero-order chi connectivity index (χ0) is 21.7. The molecule has 158 valence electrons. The Morgan fingerprint density at radius 2 is 1.55 bits per heavy atom. The van der Waals surface area contributed by atoms with Gasteiger partial charge in [-0.3, -0.25) is 9.78 Å². The first kappa shape index (κ1) is 20.9. The molecule has 4 rings (SSSR count). The number of hydrogen-bond donors (Lipinski definition) is 1. The van der Waals surface area contributed by atoms with Gasteiger partial charge in [-0.25, -0.2) is 8.78 Å². The van der Waals surface area contributed by atoms with Gasteiger partial charge in [-0.2, -0.15) is 0 Å². The number of aryl methyl sites for hydroxylation is 1. The molecular formula is C26H24F2N2O. The van der Waals surface area contributed by atoms with E-state index < -0.39 is 0 Å². The Morgan fingerprint density at radius 3 is 2.13 bits per heavy atom. The van der Waals surface area contributed by atoms with Crippen molar-refractivity contribution in [2.24, 2.45) is 5.92 Å². The molecule has 0 bridgehead atoms. The maximum atomic E-state index is 13.4. The third-order valence-electron chi connectivity index (χ3n) is 5.90. The molecule has 0 unspecified atom stereocenters. The molecular weight excluding hydrogens is 394 g/mol. The lowest BCUT2D eigenvalue weighted by Gasteiger charge is -2.18. The summed E-state index contributed by atoms with van der Waals surface area (Å²) in [5, 5.41) is 2.92. The number of rotatable bonds is 8. The quantitative estimate of drug-likeness (QED) is 0.415. The average molecular weight is 418 g/mol. The number of amides is 1. The molecule has 0 aliphatic heterocycles. The van der Waals surface area contributed by atoms with Crippen LogP contribution >= 0.6 is 0 Å². The maximum Gasteiger partial charge on any atom is 0.243 e. The Morgan fingerprint density at radius 1 is 0.968 bits per heavy atom. The van der Waals surface area contributed by atoms with E-state index in [9.17, 15) is 13.6 Å². The lowest BCUT2D eigenvalue weighted by molar-refractivity contribution is -0.116. The second-order valence-electron chi connectivity index (χ2n) is 7.90. The van der Waals surface area contributed by atoms with Crippen LogP contribution in [0.25, 0.3) is 0 Å². The smallest absolute Gasteiger partial charge is 0.243 e. The monoisotopic (exact) mass is 418 g/mol. The molecule has 0 spiro atoms. The van der Waals surface area contributed by atoms with E-state index >= 15 is 0 Å². The predicted molar refractivity (Wildman–Crippen MR) is 116 cm³/mol. The number of nitrogens with zero attached hydrogens (tertiary/aromatic N) is 1. The summed E-state index contributed by atoms with van der Waals surface area (Å²) < 4.78 is 26.9. The Balaban J connectivity index is 1.39. The van der Waals surface area contributed by atoms with Gasteiger partial charge in [0.25, 0.3) is 0 Å². The topological polar surface area (TPSA) is 42.0 Å². The second-order valence-corrected chi connectivity index (χ2v) is 7.90. The van der Waals surface area contributed by atoms with E-state index in [1.165, 1.54) is 29.8 Å². The molecule has 1 aliphatic rings. The molecule has 1 N–H and O–H groups in total. The summed E-state index contributed by atoms with van der Waals surface area (Å²) >= 11 is 0. The van der Waals surface area contributed by atoms with Crippen molar-refractivity contribution in [1.82, 2.24) is 10.3 Å². The highest BCUT2D eigenvalue weighted by atomic mass is 19.1. The Labute approximate surface area is 180 Å². The average Bonchev–Trinajstić information content (AvgIpc) is 3.52. The second kappa shape index (κ2) is 9.21.